The molecule has 1 atom stereocenters. The number of halogens is 3. The fourth-order valence-electron chi connectivity index (χ4n) is 2.32. The highest BCUT2D eigenvalue weighted by molar-refractivity contribution is 5.45. The largest absolute Gasteiger partial charge is 0.451 e. The Balaban J connectivity index is 2.02. The van der Waals surface area contributed by atoms with Crippen LogP contribution in [0.15, 0.2) is 6.07 Å². The first-order chi connectivity index (χ1) is 9.34. The van der Waals surface area contributed by atoms with Crippen molar-refractivity contribution in [3.8, 4) is 0 Å². The fraction of sp³-hybridized carbons (Fsp3) is 0.667. The Hall–Kier alpha value is -1.57. The number of hydrogen-bond donors (Lipinski definition) is 2. The summed E-state index contributed by atoms with van der Waals surface area (Å²) in [7, 11) is 0. The van der Waals surface area contributed by atoms with Crippen LogP contribution in [0.3, 0.4) is 0 Å². The number of nitrogens with one attached hydrogen (secondary N) is 1. The van der Waals surface area contributed by atoms with Crippen LogP contribution in [0.1, 0.15) is 25.6 Å². The van der Waals surface area contributed by atoms with Crippen molar-refractivity contribution in [3.63, 3.8) is 0 Å². The van der Waals surface area contributed by atoms with Gasteiger partial charge in [-0.15, -0.1) is 0 Å². The number of nitrogens with two attached hydrogens (primary N) is 1. The molecule has 2 heterocycles. The topological polar surface area (TPSA) is 67.1 Å². The molecular formula is C12H18F3N5. The quantitative estimate of drug-likeness (QED) is 0.887. The van der Waals surface area contributed by atoms with E-state index in [9.17, 15) is 13.2 Å². The maximum atomic E-state index is 12.6. The Morgan fingerprint density at radius 3 is 2.60 bits per heavy atom. The van der Waals surface area contributed by atoms with Crippen molar-refractivity contribution in [2.45, 2.75) is 32.0 Å². The van der Waals surface area contributed by atoms with Gasteiger partial charge in [0.1, 0.15) is 11.6 Å². The number of aromatic nitrogens is 2. The predicted octanol–water partition coefficient (Wildman–Crippen LogP) is 1.97. The van der Waals surface area contributed by atoms with Crippen LogP contribution in [-0.4, -0.2) is 40.5 Å². The van der Waals surface area contributed by atoms with E-state index in [4.69, 9.17) is 5.73 Å². The number of hydrogen-bond acceptors (Lipinski definition) is 5. The molecule has 1 aliphatic heterocycles. The van der Waals surface area contributed by atoms with Crippen molar-refractivity contribution < 1.29 is 13.2 Å². The molecule has 0 amide bonds. The van der Waals surface area contributed by atoms with Crippen LogP contribution < -0.4 is 11.1 Å². The minimum atomic E-state index is -4.59. The van der Waals surface area contributed by atoms with Crippen molar-refractivity contribution in [3.05, 3.63) is 11.9 Å². The highest BCUT2D eigenvalue weighted by Crippen LogP contribution is 2.27. The van der Waals surface area contributed by atoms with Crippen molar-refractivity contribution in [2.75, 3.05) is 30.7 Å². The van der Waals surface area contributed by atoms with Gasteiger partial charge in [-0.05, 0) is 32.9 Å². The van der Waals surface area contributed by atoms with Gasteiger partial charge in [0.15, 0.2) is 0 Å². The molecule has 8 heteroatoms. The molecule has 20 heavy (non-hydrogen) atoms. The Labute approximate surface area is 115 Å². The highest BCUT2D eigenvalue weighted by atomic mass is 19.4. The fourth-order valence-corrected chi connectivity index (χ4v) is 2.32. The average Bonchev–Trinajstić information content (AvgIpc) is 2.79. The number of alkyl halides is 3. The molecular weight excluding hydrogens is 271 g/mol. The summed E-state index contributed by atoms with van der Waals surface area (Å²) in [6, 6.07) is 1.30. The normalized spacial score (nSPS) is 18.2. The molecule has 2 rings (SSSR count). The zero-order valence-corrected chi connectivity index (χ0v) is 11.2. The van der Waals surface area contributed by atoms with Crippen LogP contribution >= 0.6 is 0 Å². The molecule has 0 aliphatic carbocycles. The molecule has 1 aliphatic rings. The van der Waals surface area contributed by atoms with Crippen molar-refractivity contribution >= 4 is 11.6 Å². The van der Waals surface area contributed by atoms with E-state index >= 15 is 0 Å². The summed E-state index contributed by atoms with van der Waals surface area (Å²) in [6.45, 7) is 4.74. The molecule has 0 radical (unpaired) electrons. The molecule has 0 aromatic carbocycles. The predicted molar refractivity (Wildman–Crippen MR) is 70.2 cm³/mol. The summed E-state index contributed by atoms with van der Waals surface area (Å²) in [6.07, 6.45) is -2.25. The van der Waals surface area contributed by atoms with Crippen molar-refractivity contribution in [1.82, 2.24) is 14.9 Å². The minimum absolute atomic E-state index is 0.0107. The number of anilines is 2. The van der Waals surface area contributed by atoms with Gasteiger partial charge >= 0.3 is 6.18 Å². The van der Waals surface area contributed by atoms with Gasteiger partial charge in [0, 0.05) is 18.7 Å². The molecule has 112 valence electrons. The van der Waals surface area contributed by atoms with Crippen LogP contribution in [-0.2, 0) is 6.18 Å². The molecule has 3 N–H and O–H groups in total. The summed E-state index contributed by atoms with van der Waals surface area (Å²) in [4.78, 5) is 8.95. The first-order valence-corrected chi connectivity index (χ1v) is 6.55. The Bertz CT molecular complexity index is 457. The molecule has 1 fully saturated rings. The van der Waals surface area contributed by atoms with Gasteiger partial charge in [-0.25, -0.2) is 9.97 Å². The van der Waals surface area contributed by atoms with E-state index in [1.165, 1.54) is 18.9 Å². The highest BCUT2D eigenvalue weighted by Gasteiger charge is 2.35. The molecule has 5 nitrogen and oxygen atoms in total. The zero-order valence-electron chi connectivity index (χ0n) is 11.2. The summed E-state index contributed by atoms with van der Waals surface area (Å²) >= 11 is 0. The summed E-state index contributed by atoms with van der Waals surface area (Å²) < 4.78 is 37.8. The van der Waals surface area contributed by atoms with Gasteiger partial charge in [0.2, 0.25) is 5.82 Å². The standard InChI is InChI=1S/C12H18F3N5/c1-8(7-20-4-2-3-5-20)17-10-6-9(16)18-11(19-10)12(13,14)15/h6,8H,2-5,7H2,1H3,(H3,16,17,18,19). The van der Waals surface area contributed by atoms with Crippen LogP contribution in [0, 0.1) is 0 Å². The van der Waals surface area contributed by atoms with Crippen LogP contribution in [0.5, 0.6) is 0 Å². The third kappa shape index (κ3) is 3.96. The Morgan fingerprint density at radius 2 is 2.00 bits per heavy atom. The van der Waals surface area contributed by atoms with Gasteiger partial charge in [-0.2, -0.15) is 13.2 Å². The van der Waals surface area contributed by atoms with Gasteiger partial charge < -0.3 is 16.0 Å². The Kier molecular flexibility index (Phi) is 4.32. The Morgan fingerprint density at radius 1 is 1.35 bits per heavy atom. The maximum Gasteiger partial charge on any atom is 0.451 e. The third-order valence-corrected chi connectivity index (χ3v) is 3.12. The molecule has 1 unspecified atom stereocenters. The molecule has 0 saturated carbocycles. The van der Waals surface area contributed by atoms with Crippen LogP contribution in [0.4, 0.5) is 24.8 Å². The second kappa shape index (κ2) is 5.82. The van der Waals surface area contributed by atoms with E-state index in [-0.39, 0.29) is 17.7 Å². The SMILES string of the molecule is CC(CN1CCCC1)Nc1cc(N)nc(C(F)(F)F)n1. The molecule has 1 saturated heterocycles. The summed E-state index contributed by atoms with van der Waals surface area (Å²) in [5, 5.41) is 2.95. The second-order valence-electron chi connectivity index (χ2n) is 5.05. The van der Waals surface area contributed by atoms with Crippen molar-refractivity contribution in [2.24, 2.45) is 0 Å². The lowest BCUT2D eigenvalue weighted by atomic mass is 10.3. The molecule has 1 aromatic heterocycles. The van der Waals surface area contributed by atoms with E-state index in [0.717, 1.165) is 19.6 Å². The first-order valence-electron chi connectivity index (χ1n) is 6.55. The van der Waals surface area contributed by atoms with E-state index in [1.54, 1.807) is 0 Å². The van der Waals surface area contributed by atoms with Gasteiger partial charge in [0.05, 0.1) is 0 Å². The molecule has 0 bridgehead atoms. The van der Waals surface area contributed by atoms with E-state index in [0.29, 0.717) is 0 Å². The van der Waals surface area contributed by atoms with E-state index in [1.807, 2.05) is 6.92 Å². The van der Waals surface area contributed by atoms with Crippen molar-refractivity contribution in [1.29, 1.82) is 0 Å². The number of rotatable bonds is 4. The molecule has 1 aromatic rings. The lowest BCUT2D eigenvalue weighted by molar-refractivity contribution is -0.144. The second-order valence-corrected chi connectivity index (χ2v) is 5.05. The number of nitrogen functional groups attached to an aromatic ring is 1. The lowest BCUT2D eigenvalue weighted by Gasteiger charge is -2.22. The summed E-state index contributed by atoms with van der Waals surface area (Å²) in [5.41, 5.74) is 5.39. The molecule has 0 spiro atoms. The average molecular weight is 289 g/mol. The third-order valence-electron chi connectivity index (χ3n) is 3.12. The summed E-state index contributed by atoms with van der Waals surface area (Å²) in [5.74, 6) is -1.30. The van der Waals surface area contributed by atoms with Crippen LogP contribution in [0.2, 0.25) is 0 Å². The first kappa shape index (κ1) is 14.8. The lowest BCUT2D eigenvalue weighted by Crippen LogP contribution is -2.33. The van der Waals surface area contributed by atoms with E-state index < -0.39 is 12.0 Å². The maximum absolute atomic E-state index is 12.6. The number of nitrogens with zero attached hydrogens (tertiary/aromatic N) is 3. The zero-order chi connectivity index (χ0) is 14.8. The monoisotopic (exact) mass is 289 g/mol. The van der Waals surface area contributed by atoms with Gasteiger partial charge in [-0.1, -0.05) is 0 Å². The van der Waals surface area contributed by atoms with E-state index in [2.05, 4.69) is 20.2 Å². The van der Waals surface area contributed by atoms with Crippen LogP contribution in [0.25, 0.3) is 0 Å². The van der Waals surface area contributed by atoms with Gasteiger partial charge in [-0.3, -0.25) is 0 Å². The smallest absolute Gasteiger partial charge is 0.384 e. The minimum Gasteiger partial charge on any atom is -0.384 e. The van der Waals surface area contributed by atoms with Gasteiger partial charge in [0.25, 0.3) is 0 Å². The number of likely N-dealkylation sites (tertiary alicyclic amines) is 1.